The molecule has 4 nitrogen and oxygen atoms in total. The molecule has 28 heavy (non-hydrogen) atoms. The van der Waals surface area contributed by atoms with Gasteiger partial charge in [0.15, 0.2) is 11.5 Å². The molecule has 0 aromatic heterocycles. The van der Waals surface area contributed by atoms with Crippen molar-refractivity contribution in [3.63, 3.8) is 0 Å². The summed E-state index contributed by atoms with van der Waals surface area (Å²) in [6.07, 6.45) is 2.51. The van der Waals surface area contributed by atoms with Gasteiger partial charge in [-0.25, -0.2) is 0 Å². The molecule has 1 aliphatic heterocycles. The molecule has 0 unspecified atom stereocenters. The van der Waals surface area contributed by atoms with Crippen LogP contribution in [-0.4, -0.2) is 26.7 Å². The average Bonchev–Trinajstić information content (AvgIpc) is 2.68. The van der Waals surface area contributed by atoms with Crippen LogP contribution in [0.2, 0.25) is 5.02 Å². The number of hydrogen-bond acceptors (Lipinski definition) is 4. The van der Waals surface area contributed by atoms with Gasteiger partial charge in [-0.3, -0.25) is 0 Å². The highest BCUT2D eigenvalue weighted by molar-refractivity contribution is 6.31. The molecule has 1 saturated heterocycles. The van der Waals surface area contributed by atoms with E-state index in [9.17, 15) is 0 Å². The summed E-state index contributed by atoms with van der Waals surface area (Å²) < 4.78 is 11.4. The van der Waals surface area contributed by atoms with Crippen LogP contribution < -0.4 is 20.1 Å². The minimum Gasteiger partial charge on any atom is -0.493 e. The summed E-state index contributed by atoms with van der Waals surface area (Å²) in [5.74, 6) is 2.25. The Morgan fingerprint density at radius 3 is 2.54 bits per heavy atom. The summed E-state index contributed by atoms with van der Waals surface area (Å²) in [6, 6.07) is 13.8. The maximum Gasteiger partial charge on any atom is 0.161 e. The Kier molecular flexibility index (Phi) is 11.7. The Bertz CT molecular complexity index is 710. The Labute approximate surface area is 185 Å². The Hall–Kier alpha value is -1.17. The molecule has 156 valence electrons. The lowest BCUT2D eigenvalue weighted by atomic mass is 9.98. The molecule has 1 fully saturated rings. The molecule has 0 radical (unpaired) electrons. The third kappa shape index (κ3) is 7.34. The van der Waals surface area contributed by atoms with Crippen molar-refractivity contribution in [3.8, 4) is 11.5 Å². The first-order valence-corrected chi connectivity index (χ1v) is 9.58. The Morgan fingerprint density at radius 2 is 1.82 bits per heavy atom. The zero-order valence-corrected chi connectivity index (χ0v) is 18.5. The summed E-state index contributed by atoms with van der Waals surface area (Å²) in [7, 11) is 1.67. The first-order valence-electron chi connectivity index (χ1n) is 9.21. The summed E-state index contributed by atoms with van der Waals surface area (Å²) in [5.41, 5.74) is 2.16. The minimum atomic E-state index is 0. The number of nitrogens with one attached hydrogen (secondary N) is 2. The van der Waals surface area contributed by atoms with Gasteiger partial charge in [-0.1, -0.05) is 35.9 Å². The van der Waals surface area contributed by atoms with E-state index < -0.39 is 0 Å². The van der Waals surface area contributed by atoms with Gasteiger partial charge in [-0.2, -0.15) is 0 Å². The predicted molar refractivity (Wildman–Crippen MR) is 121 cm³/mol. The van der Waals surface area contributed by atoms with Gasteiger partial charge in [0.25, 0.3) is 0 Å². The van der Waals surface area contributed by atoms with Crippen molar-refractivity contribution in [3.05, 3.63) is 58.6 Å². The van der Waals surface area contributed by atoms with Crippen LogP contribution in [0.25, 0.3) is 0 Å². The van der Waals surface area contributed by atoms with E-state index in [1.807, 2.05) is 36.4 Å². The topological polar surface area (TPSA) is 42.5 Å². The maximum atomic E-state index is 6.19. The van der Waals surface area contributed by atoms with Crippen molar-refractivity contribution < 1.29 is 9.47 Å². The van der Waals surface area contributed by atoms with E-state index in [1.165, 1.54) is 18.4 Å². The van der Waals surface area contributed by atoms with E-state index in [0.29, 0.717) is 11.6 Å². The predicted octanol–water partition coefficient (Wildman–Crippen LogP) is 4.86. The third-order valence-electron chi connectivity index (χ3n) is 4.79. The zero-order valence-electron chi connectivity index (χ0n) is 16.1. The second kappa shape index (κ2) is 13.1. The van der Waals surface area contributed by atoms with E-state index in [0.717, 1.165) is 49.2 Å². The van der Waals surface area contributed by atoms with Crippen LogP contribution in [0.15, 0.2) is 42.5 Å². The van der Waals surface area contributed by atoms with Crippen LogP contribution >= 0.6 is 36.4 Å². The summed E-state index contributed by atoms with van der Waals surface area (Å²) in [6.45, 7) is 4.60. The van der Waals surface area contributed by atoms with Crippen LogP contribution in [0, 0.1) is 5.92 Å². The van der Waals surface area contributed by atoms with Crippen LogP contribution in [0.5, 0.6) is 11.5 Å². The minimum absolute atomic E-state index is 0. The molecule has 0 atom stereocenters. The quantitative estimate of drug-likeness (QED) is 0.606. The molecule has 1 heterocycles. The summed E-state index contributed by atoms with van der Waals surface area (Å²) >= 11 is 6.19. The number of benzene rings is 2. The standard InChI is InChI=1S/C21H27ClN2O2.2ClH/c1-25-21-12-17(14-24-13-16-8-10-23-11-9-16)6-7-20(21)26-15-18-4-2-3-5-19(18)22;;/h2-7,12,16,23-24H,8-11,13-15H2,1H3;2*1H. The molecule has 7 heteroatoms. The number of rotatable bonds is 8. The highest BCUT2D eigenvalue weighted by atomic mass is 35.5. The molecular formula is C21H29Cl3N2O2. The van der Waals surface area contributed by atoms with Crippen molar-refractivity contribution in [1.29, 1.82) is 0 Å². The second-order valence-corrected chi connectivity index (χ2v) is 7.10. The lowest BCUT2D eigenvalue weighted by Gasteiger charge is -2.23. The van der Waals surface area contributed by atoms with E-state index in [2.05, 4.69) is 16.7 Å². The van der Waals surface area contributed by atoms with Crippen molar-refractivity contribution in [1.82, 2.24) is 10.6 Å². The van der Waals surface area contributed by atoms with Crippen molar-refractivity contribution in [2.24, 2.45) is 5.92 Å². The molecular weight excluding hydrogens is 419 g/mol. The van der Waals surface area contributed by atoms with Gasteiger partial charge in [-0.05, 0) is 62.2 Å². The van der Waals surface area contributed by atoms with Crippen molar-refractivity contribution >= 4 is 36.4 Å². The molecule has 1 aliphatic rings. The molecule has 2 aromatic carbocycles. The summed E-state index contributed by atoms with van der Waals surface area (Å²) in [4.78, 5) is 0. The van der Waals surface area contributed by atoms with Crippen LogP contribution in [0.3, 0.4) is 0 Å². The Balaban J connectivity index is 0.00000196. The first kappa shape index (κ1) is 24.9. The molecule has 0 aliphatic carbocycles. The zero-order chi connectivity index (χ0) is 18.2. The summed E-state index contributed by atoms with van der Waals surface area (Å²) in [5, 5.41) is 7.68. The smallest absolute Gasteiger partial charge is 0.161 e. The van der Waals surface area contributed by atoms with E-state index >= 15 is 0 Å². The fourth-order valence-electron chi connectivity index (χ4n) is 3.22. The molecule has 0 amide bonds. The van der Waals surface area contributed by atoms with E-state index in [1.54, 1.807) is 7.11 Å². The van der Waals surface area contributed by atoms with Gasteiger partial charge in [0.1, 0.15) is 6.61 Å². The number of halogens is 3. The largest absolute Gasteiger partial charge is 0.493 e. The van der Waals surface area contributed by atoms with Gasteiger partial charge < -0.3 is 20.1 Å². The molecule has 0 spiro atoms. The average molecular weight is 448 g/mol. The molecule has 2 aromatic rings. The van der Waals surface area contributed by atoms with Crippen LogP contribution in [-0.2, 0) is 13.2 Å². The first-order chi connectivity index (χ1) is 12.8. The van der Waals surface area contributed by atoms with E-state index in [-0.39, 0.29) is 24.8 Å². The highest BCUT2D eigenvalue weighted by Gasteiger charge is 2.12. The fourth-order valence-corrected chi connectivity index (χ4v) is 3.41. The van der Waals surface area contributed by atoms with Crippen LogP contribution in [0.1, 0.15) is 24.0 Å². The molecule has 0 bridgehead atoms. The van der Waals surface area contributed by atoms with Crippen LogP contribution in [0.4, 0.5) is 0 Å². The molecule has 0 saturated carbocycles. The van der Waals surface area contributed by atoms with Gasteiger partial charge >= 0.3 is 0 Å². The van der Waals surface area contributed by atoms with Gasteiger partial charge in [0.2, 0.25) is 0 Å². The lowest BCUT2D eigenvalue weighted by molar-refractivity contribution is 0.284. The number of hydrogen-bond donors (Lipinski definition) is 2. The van der Waals surface area contributed by atoms with Gasteiger partial charge in [0, 0.05) is 17.1 Å². The SMILES string of the molecule is COc1cc(CNCC2CCNCC2)ccc1OCc1ccccc1Cl.Cl.Cl. The van der Waals surface area contributed by atoms with Crippen molar-refractivity contribution in [2.75, 3.05) is 26.7 Å². The number of ether oxygens (including phenoxy) is 2. The molecule has 2 N–H and O–H groups in total. The van der Waals surface area contributed by atoms with Crippen molar-refractivity contribution in [2.45, 2.75) is 26.0 Å². The normalized spacial score (nSPS) is 13.9. The molecule has 3 rings (SSSR count). The monoisotopic (exact) mass is 446 g/mol. The fraction of sp³-hybridized carbons (Fsp3) is 0.429. The maximum absolute atomic E-state index is 6.19. The Morgan fingerprint density at radius 1 is 1.07 bits per heavy atom. The van der Waals surface area contributed by atoms with Gasteiger partial charge in [0.05, 0.1) is 7.11 Å². The lowest BCUT2D eigenvalue weighted by Crippen LogP contribution is -2.33. The van der Waals surface area contributed by atoms with Gasteiger partial charge in [-0.15, -0.1) is 24.8 Å². The number of methoxy groups -OCH3 is 1. The van der Waals surface area contributed by atoms with E-state index in [4.69, 9.17) is 21.1 Å². The second-order valence-electron chi connectivity index (χ2n) is 6.69. The number of piperidine rings is 1. The third-order valence-corrected chi connectivity index (χ3v) is 5.16. The highest BCUT2D eigenvalue weighted by Crippen LogP contribution is 2.29.